The summed E-state index contributed by atoms with van der Waals surface area (Å²) in [7, 11) is -1.42. The molecule has 0 N–H and O–H groups in total. The number of aromatic nitrogens is 1. The summed E-state index contributed by atoms with van der Waals surface area (Å²) < 4.78 is 5.69. The molecule has 1 aliphatic rings. The first-order valence-corrected chi connectivity index (χ1v) is 10.8. The summed E-state index contributed by atoms with van der Waals surface area (Å²) in [5, 5.41) is 0. The number of hydrogen-bond donors (Lipinski definition) is 0. The van der Waals surface area contributed by atoms with E-state index in [1.54, 1.807) is 6.20 Å². The summed E-state index contributed by atoms with van der Waals surface area (Å²) >= 11 is 0. The zero-order valence-electron chi connectivity index (χ0n) is 14.4. The van der Waals surface area contributed by atoms with Gasteiger partial charge >= 0.3 is 0 Å². The normalized spacial score (nSPS) is 16.5. The van der Waals surface area contributed by atoms with Gasteiger partial charge in [0.2, 0.25) is 5.90 Å². The molecule has 4 heteroatoms. The maximum Gasteiger partial charge on any atom is 0.218 e. The van der Waals surface area contributed by atoms with Crippen molar-refractivity contribution in [3.63, 3.8) is 0 Å². The average molecular weight is 315 g/mol. The molecule has 22 heavy (non-hydrogen) atoms. The lowest BCUT2D eigenvalue weighted by Crippen LogP contribution is -2.29. The van der Waals surface area contributed by atoms with Crippen LogP contribution in [0.2, 0.25) is 18.1 Å². The van der Waals surface area contributed by atoms with E-state index in [1.165, 1.54) is 18.1 Å². The first kappa shape index (κ1) is 16.8. The van der Waals surface area contributed by atoms with Crippen molar-refractivity contribution in [2.75, 3.05) is 6.61 Å². The highest BCUT2D eigenvalue weighted by atomic mass is 28.3. The summed E-state index contributed by atoms with van der Waals surface area (Å²) in [6.45, 7) is 11.6. The second-order valence-electron chi connectivity index (χ2n) is 6.57. The molecule has 0 saturated carbocycles. The van der Waals surface area contributed by atoms with Crippen molar-refractivity contribution in [2.45, 2.75) is 58.3 Å². The molecule has 0 amide bonds. The molecular weight excluding hydrogens is 288 g/mol. The minimum Gasteiger partial charge on any atom is -0.475 e. The van der Waals surface area contributed by atoms with Crippen LogP contribution in [0.3, 0.4) is 0 Å². The molecular formula is C18H26N2OSi. The Bertz CT molecular complexity index is 613. The quantitative estimate of drug-likeness (QED) is 0.621. The van der Waals surface area contributed by atoms with Crippen LogP contribution < -0.4 is 0 Å². The van der Waals surface area contributed by atoms with Gasteiger partial charge in [0.25, 0.3) is 0 Å². The smallest absolute Gasteiger partial charge is 0.218 e. The lowest BCUT2D eigenvalue weighted by molar-refractivity contribution is 0.279. The Morgan fingerprint density at radius 1 is 1.18 bits per heavy atom. The van der Waals surface area contributed by atoms with E-state index < -0.39 is 8.07 Å². The van der Waals surface area contributed by atoms with Gasteiger partial charge in [-0.2, -0.15) is 0 Å². The maximum absolute atomic E-state index is 5.69. The lowest BCUT2D eigenvalue weighted by atomic mass is 10.1. The zero-order chi connectivity index (χ0) is 16.2. The highest BCUT2D eigenvalue weighted by molar-refractivity contribution is 6.87. The maximum atomic E-state index is 5.69. The monoisotopic (exact) mass is 314 g/mol. The van der Waals surface area contributed by atoms with Gasteiger partial charge in [0, 0.05) is 18.0 Å². The molecule has 0 aliphatic carbocycles. The highest BCUT2D eigenvalue weighted by Gasteiger charge is 2.27. The Balaban J connectivity index is 2.27. The topological polar surface area (TPSA) is 34.5 Å². The van der Waals surface area contributed by atoms with Gasteiger partial charge in [-0.15, -0.1) is 5.54 Å². The van der Waals surface area contributed by atoms with Crippen molar-refractivity contribution in [3.8, 4) is 11.5 Å². The Morgan fingerprint density at radius 2 is 1.86 bits per heavy atom. The fourth-order valence-corrected chi connectivity index (χ4v) is 5.02. The van der Waals surface area contributed by atoms with Gasteiger partial charge in [0.15, 0.2) is 0 Å². The van der Waals surface area contributed by atoms with Crippen LogP contribution in [0.4, 0.5) is 0 Å². The lowest BCUT2D eigenvalue weighted by Gasteiger charge is -2.19. The molecule has 1 aromatic rings. The van der Waals surface area contributed by atoms with Crippen LogP contribution in [-0.4, -0.2) is 31.1 Å². The zero-order valence-corrected chi connectivity index (χ0v) is 15.4. The Hall–Kier alpha value is -1.60. The van der Waals surface area contributed by atoms with Crippen molar-refractivity contribution in [1.82, 2.24) is 4.98 Å². The standard InChI is InChI=1S/C18H26N2OSi/c1-6-22(7-2,8-3)10-9-15-11-16(13-19-12-15)17-20-18(4,5)14-21-17/h11-13H,6-8,14H2,1-5H3. The molecule has 0 bridgehead atoms. The van der Waals surface area contributed by atoms with E-state index in [4.69, 9.17) is 4.74 Å². The van der Waals surface area contributed by atoms with E-state index in [9.17, 15) is 0 Å². The van der Waals surface area contributed by atoms with E-state index in [-0.39, 0.29) is 5.54 Å². The highest BCUT2D eigenvalue weighted by Crippen LogP contribution is 2.21. The summed E-state index contributed by atoms with van der Waals surface area (Å²) in [6, 6.07) is 5.68. The van der Waals surface area contributed by atoms with Crippen LogP contribution in [0.1, 0.15) is 45.7 Å². The van der Waals surface area contributed by atoms with Crippen LogP contribution in [0.25, 0.3) is 0 Å². The number of rotatable bonds is 4. The third-order valence-electron chi connectivity index (χ3n) is 4.45. The Morgan fingerprint density at radius 3 is 2.41 bits per heavy atom. The third kappa shape index (κ3) is 3.78. The van der Waals surface area contributed by atoms with Crippen molar-refractivity contribution >= 4 is 14.0 Å². The third-order valence-corrected chi connectivity index (χ3v) is 9.17. The molecule has 0 fully saturated rings. The van der Waals surface area contributed by atoms with Crippen LogP contribution in [0.5, 0.6) is 0 Å². The molecule has 0 aromatic carbocycles. The fraction of sp³-hybridized carbons (Fsp3) is 0.556. The van der Waals surface area contributed by atoms with Gasteiger partial charge in [-0.1, -0.05) is 26.7 Å². The molecule has 3 nitrogen and oxygen atoms in total. The summed E-state index contributed by atoms with van der Waals surface area (Å²) in [5.41, 5.74) is 5.34. The molecule has 0 unspecified atom stereocenters. The predicted octanol–water partition coefficient (Wildman–Crippen LogP) is 4.04. The molecule has 0 atom stereocenters. The Labute approximate surface area is 135 Å². The van der Waals surface area contributed by atoms with Crippen molar-refractivity contribution in [2.24, 2.45) is 4.99 Å². The van der Waals surface area contributed by atoms with Crippen LogP contribution in [0, 0.1) is 11.5 Å². The first-order chi connectivity index (χ1) is 10.4. The van der Waals surface area contributed by atoms with E-state index in [0.29, 0.717) is 12.5 Å². The van der Waals surface area contributed by atoms with Gasteiger partial charge in [-0.25, -0.2) is 4.99 Å². The number of pyridine rings is 1. The molecule has 0 spiro atoms. The molecule has 2 rings (SSSR count). The minimum absolute atomic E-state index is 0.147. The molecule has 0 saturated heterocycles. The molecule has 1 aliphatic heterocycles. The molecule has 0 radical (unpaired) electrons. The van der Waals surface area contributed by atoms with Crippen LogP contribution in [-0.2, 0) is 4.74 Å². The molecule has 2 heterocycles. The number of aliphatic imine (C=N–C) groups is 1. The van der Waals surface area contributed by atoms with Gasteiger partial charge in [-0.3, -0.25) is 4.98 Å². The van der Waals surface area contributed by atoms with E-state index in [1.807, 2.05) is 12.3 Å². The van der Waals surface area contributed by atoms with Crippen LogP contribution in [0.15, 0.2) is 23.5 Å². The predicted molar refractivity (Wildman–Crippen MR) is 94.9 cm³/mol. The molecule has 118 valence electrons. The van der Waals surface area contributed by atoms with Crippen molar-refractivity contribution in [1.29, 1.82) is 0 Å². The number of hydrogen-bond acceptors (Lipinski definition) is 3. The van der Waals surface area contributed by atoms with Crippen LogP contribution >= 0.6 is 0 Å². The van der Waals surface area contributed by atoms with Crippen molar-refractivity contribution < 1.29 is 4.74 Å². The SMILES string of the molecule is CC[Si](C#Cc1cncc(C2=NC(C)(C)CO2)c1)(CC)CC. The summed E-state index contributed by atoms with van der Waals surface area (Å²) in [5.74, 6) is 4.05. The average Bonchev–Trinajstić information content (AvgIpc) is 2.90. The van der Waals surface area contributed by atoms with Gasteiger partial charge in [0.1, 0.15) is 14.7 Å². The minimum atomic E-state index is -1.42. The van der Waals surface area contributed by atoms with Gasteiger partial charge in [0.05, 0.1) is 11.1 Å². The number of nitrogens with zero attached hydrogens (tertiary/aromatic N) is 2. The van der Waals surface area contributed by atoms with E-state index >= 15 is 0 Å². The summed E-state index contributed by atoms with van der Waals surface area (Å²) in [4.78, 5) is 8.91. The largest absolute Gasteiger partial charge is 0.475 e. The summed E-state index contributed by atoms with van der Waals surface area (Å²) in [6.07, 6.45) is 3.63. The van der Waals surface area contributed by atoms with Crippen molar-refractivity contribution in [3.05, 3.63) is 29.6 Å². The Kier molecular flexibility index (Phi) is 5.07. The molecule has 1 aromatic heterocycles. The fourth-order valence-electron chi connectivity index (χ4n) is 2.58. The number of ether oxygens (including phenoxy) is 1. The second kappa shape index (κ2) is 6.66. The van der Waals surface area contributed by atoms with E-state index in [2.05, 4.69) is 56.1 Å². The first-order valence-electron chi connectivity index (χ1n) is 8.15. The van der Waals surface area contributed by atoms with Gasteiger partial charge in [-0.05, 0) is 38.0 Å². The second-order valence-corrected chi connectivity index (χ2v) is 11.5. The van der Waals surface area contributed by atoms with E-state index in [0.717, 1.165) is 11.1 Å². The van der Waals surface area contributed by atoms with Gasteiger partial charge < -0.3 is 4.74 Å².